The molecule has 0 aromatic heterocycles. The maximum absolute atomic E-state index is 14.0. The number of anilines is 1. The Labute approximate surface area is 128 Å². The van der Waals surface area contributed by atoms with Gasteiger partial charge in [0, 0.05) is 0 Å². The summed E-state index contributed by atoms with van der Waals surface area (Å²) in [5.41, 5.74) is 2.29. The summed E-state index contributed by atoms with van der Waals surface area (Å²) in [6, 6.07) is 12.0. The first-order chi connectivity index (χ1) is 10.5. The van der Waals surface area contributed by atoms with Gasteiger partial charge in [0.2, 0.25) is 0 Å². The Morgan fingerprint density at radius 3 is 2.36 bits per heavy atom. The summed E-state index contributed by atoms with van der Waals surface area (Å²) in [6.45, 7) is 4.39. The first-order valence-corrected chi connectivity index (χ1v) is 7.22. The molecule has 4 heteroatoms. The average molecular weight is 297 g/mol. The van der Waals surface area contributed by atoms with Crippen molar-refractivity contribution in [2.75, 3.05) is 4.90 Å². The lowest BCUT2D eigenvalue weighted by atomic mass is 10.0. The molecule has 3 rings (SSSR count). The van der Waals surface area contributed by atoms with Crippen molar-refractivity contribution in [1.82, 2.24) is 0 Å². The number of carbonyl (C=O) groups excluding carboxylic acids is 2. The smallest absolute Gasteiger partial charge is 0.298 e. The summed E-state index contributed by atoms with van der Waals surface area (Å²) in [4.78, 5) is 25.3. The molecule has 1 aliphatic heterocycles. The number of ketones is 1. The van der Waals surface area contributed by atoms with Crippen LogP contribution in [0.5, 0.6) is 0 Å². The van der Waals surface area contributed by atoms with Crippen molar-refractivity contribution in [2.24, 2.45) is 0 Å². The molecule has 0 fully saturated rings. The van der Waals surface area contributed by atoms with Gasteiger partial charge >= 0.3 is 0 Å². The second kappa shape index (κ2) is 5.37. The summed E-state index contributed by atoms with van der Waals surface area (Å²) in [5.74, 6) is -1.45. The third-order valence-electron chi connectivity index (χ3n) is 3.93. The van der Waals surface area contributed by atoms with Crippen molar-refractivity contribution in [3.63, 3.8) is 0 Å². The summed E-state index contributed by atoms with van der Waals surface area (Å²) in [6.07, 6.45) is 0. The van der Waals surface area contributed by atoms with E-state index >= 15 is 0 Å². The van der Waals surface area contributed by atoms with E-state index in [4.69, 9.17) is 0 Å². The van der Waals surface area contributed by atoms with Crippen LogP contribution in [-0.2, 0) is 11.3 Å². The normalized spacial score (nSPS) is 13.9. The number of fused-ring (bicyclic) bond motifs is 1. The zero-order valence-electron chi connectivity index (χ0n) is 12.5. The predicted octanol–water partition coefficient (Wildman–Crippen LogP) is 3.68. The Hall–Kier alpha value is -2.49. The van der Waals surface area contributed by atoms with Gasteiger partial charge in [0.05, 0.1) is 17.8 Å². The van der Waals surface area contributed by atoms with E-state index in [-0.39, 0.29) is 17.8 Å². The number of rotatable bonds is 3. The van der Waals surface area contributed by atoms with Gasteiger partial charge in [0.1, 0.15) is 5.82 Å². The maximum Gasteiger partial charge on any atom is 0.299 e. The maximum atomic E-state index is 14.0. The van der Waals surface area contributed by atoms with Crippen LogP contribution >= 0.6 is 0 Å². The van der Waals surface area contributed by atoms with Crippen LogP contribution in [0.2, 0.25) is 0 Å². The van der Waals surface area contributed by atoms with Crippen molar-refractivity contribution in [3.05, 3.63) is 65.0 Å². The lowest BCUT2D eigenvalue weighted by Crippen LogP contribution is -2.29. The topological polar surface area (TPSA) is 37.4 Å². The van der Waals surface area contributed by atoms with Crippen LogP contribution in [0.4, 0.5) is 10.1 Å². The fraction of sp³-hybridized carbons (Fsp3) is 0.222. The van der Waals surface area contributed by atoms with Crippen molar-refractivity contribution in [1.29, 1.82) is 0 Å². The molecule has 2 aromatic rings. The molecule has 112 valence electrons. The van der Waals surface area contributed by atoms with E-state index in [1.165, 1.54) is 28.7 Å². The number of halogens is 1. The molecule has 0 aliphatic carbocycles. The van der Waals surface area contributed by atoms with E-state index in [0.29, 0.717) is 5.92 Å². The first-order valence-electron chi connectivity index (χ1n) is 7.22. The molecule has 0 saturated heterocycles. The van der Waals surface area contributed by atoms with Gasteiger partial charge in [-0.1, -0.05) is 44.2 Å². The summed E-state index contributed by atoms with van der Waals surface area (Å²) in [5, 5.41) is 0. The monoisotopic (exact) mass is 297 g/mol. The number of amides is 1. The lowest BCUT2D eigenvalue weighted by Gasteiger charge is -2.17. The van der Waals surface area contributed by atoms with Crippen molar-refractivity contribution in [3.8, 4) is 0 Å². The van der Waals surface area contributed by atoms with Crippen molar-refractivity contribution < 1.29 is 14.0 Å². The number of carbonyl (C=O) groups is 2. The molecule has 0 N–H and O–H groups in total. The molecule has 22 heavy (non-hydrogen) atoms. The quantitative estimate of drug-likeness (QED) is 0.810. The minimum absolute atomic E-state index is 0.0884. The third-order valence-corrected chi connectivity index (χ3v) is 3.93. The number of hydrogen-bond acceptors (Lipinski definition) is 2. The molecule has 1 aliphatic rings. The molecule has 3 nitrogen and oxygen atoms in total. The molecule has 0 radical (unpaired) electrons. The third kappa shape index (κ3) is 2.30. The number of hydrogen-bond donors (Lipinski definition) is 0. The molecule has 0 atom stereocenters. The van der Waals surface area contributed by atoms with E-state index in [2.05, 4.69) is 13.8 Å². The predicted molar refractivity (Wildman–Crippen MR) is 82.5 cm³/mol. The van der Waals surface area contributed by atoms with Gasteiger partial charge in [-0.2, -0.15) is 0 Å². The summed E-state index contributed by atoms with van der Waals surface area (Å²) < 4.78 is 14.0. The lowest BCUT2D eigenvalue weighted by molar-refractivity contribution is -0.114. The summed E-state index contributed by atoms with van der Waals surface area (Å²) in [7, 11) is 0. The highest BCUT2D eigenvalue weighted by Gasteiger charge is 2.37. The second-order valence-corrected chi connectivity index (χ2v) is 5.75. The fourth-order valence-corrected chi connectivity index (χ4v) is 2.65. The average Bonchev–Trinajstić information content (AvgIpc) is 2.74. The van der Waals surface area contributed by atoms with Crippen LogP contribution in [0.1, 0.15) is 41.3 Å². The molecular formula is C18H16FNO2. The van der Waals surface area contributed by atoms with E-state index in [1.54, 1.807) is 0 Å². The Kier molecular flexibility index (Phi) is 3.53. The Balaban J connectivity index is 1.93. The highest BCUT2D eigenvalue weighted by Crippen LogP contribution is 2.32. The van der Waals surface area contributed by atoms with E-state index in [9.17, 15) is 14.0 Å². The van der Waals surface area contributed by atoms with Crippen LogP contribution in [0.3, 0.4) is 0 Å². The molecule has 0 saturated carbocycles. The molecule has 2 aromatic carbocycles. The van der Waals surface area contributed by atoms with Crippen molar-refractivity contribution in [2.45, 2.75) is 26.3 Å². The van der Waals surface area contributed by atoms with Crippen LogP contribution in [0.15, 0.2) is 42.5 Å². The highest BCUT2D eigenvalue weighted by molar-refractivity contribution is 6.52. The first kappa shape index (κ1) is 14.4. The Morgan fingerprint density at radius 2 is 1.73 bits per heavy atom. The van der Waals surface area contributed by atoms with Gasteiger partial charge in [-0.3, -0.25) is 14.5 Å². The number of Topliss-reactive ketones (excluding diaryl/α,β-unsaturated/α-hetero) is 1. The molecular weight excluding hydrogens is 281 g/mol. The van der Waals surface area contributed by atoms with Gasteiger partial charge in [-0.25, -0.2) is 4.39 Å². The highest BCUT2D eigenvalue weighted by atomic mass is 19.1. The second-order valence-electron chi connectivity index (χ2n) is 5.75. The van der Waals surface area contributed by atoms with Gasteiger partial charge in [-0.05, 0) is 29.2 Å². The summed E-state index contributed by atoms with van der Waals surface area (Å²) >= 11 is 0. The zero-order chi connectivity index (χ0) is 15.9. The Bertz CT molecular complexity index is 750. The number of nitrogens with zero attached hydrogens (tertiary/aromatic N) is 1. The van der Waals surface area contributed by atoms with Gasteiger partial charge in [0.15, 0.2) is 0 Å². The zero-order valence-corrected chi connectivity index (χ0v) is 12.5. The largest absolute Gasteiger partial charge is 0.299 e. The minimum atomic E-state index is -0.673. The number of benzene rings is 2. The fourth-order valence-electron chi connectivity index (χ4n) is 2.65. The van der Waals surface area contributed by atoms with Crippen LogP contribution in [0.25, 0.3) is 0 Å². The molecule has 0 unspecified atom stereocenters. The van der Waals surface area contributed by atoms with E-state index in [1.807, 2.05) is 24.3 Å². The van der Waals surface area contributed by atoms with Gasteiger partial charge < -0.3 is 0 Å². The van der Waals surface area contributed by atoms with Crippen LogP contribution < -0.4 is 4.90 Å². The van der Waals surface area contributed by atoms with E-state index in [0.717, 1.165) is 5.56 Å². The van der Waals surface area contributed by atoms with Gasteiger partial charge in [0.25, 0.3) is 11.7 Å². The minimum Gasteiger partial charge on any atom is -0.298 e. The van der Waals surface area contributed by atoms with Crippen LogP contribution in [-0.4, -0.2) is 11.7 Å². The molecule has 0 spiro atoms. The Morgan fingerprint density at radius 1 is 1.05 bits per heavy atom. The van der Waals surface area contributed by atoms with E-state index < -0.39 is 17.5 Å². The number of para-hydroxylation sites is 1. The van der Waals surface area contributed by atoms with Gasteiger partial charge in [-0.15, -0.1) is 0 Å². The molecule has 1 amide bonds. The standard InChI is InChI=1S/C18H16FNO2/c1-11(2)13-8-6-12(7-9-13)10-20-16-14(17(21)18(20)22)4-3-5-15(16)19/h3-9,11H,10H2,1-2H3. The molecule has 1 heterocycles. The van der Waals surface area contributed by atoms with Crippen molar-refractivity contribution >= 4 is 17.4 Å². The molecule has 0 bridgehead atoms. The SMILES string of the molecule is CC(C)c1ccc(CN2C(=O)C(=O)c3cccc(F)c32)cc1. The van der Waals surface area contributed by atoms with Crippen LogP contribution in [0, 0.1) is 5.82 Å².